The van der Waals surface area contributed by atoms with Crippen molar-refractivity contribution in [2.75, 3.05) is 0 Å². The summed E-state index contributed by atoms with van der Waals surface area (Å²) in [5.74, 6) is 0. The van der Waals surface area contributed by atoms with E-state index < -0.39 is 0 Å². The Balaban J connectivity index is 2.18. The molecule has 0 saturated heterocycles. The van der Waals surface area contributed by atoms with Crippen LogP contribution in [0.2, 0.25) is 5.02 Å². The van der Waals surface area contributed by atoms with E-state index in [9.17, 15) is 0 Å². The van der Waals surface area contributed by atoms with Gasteiger partial charge in [-0.3, -0.25) is 0 Å². The van der Waals surface area contributed by atoms with Gasteiger partial charge in [-0.05, 0) is 11.6 Å². The molecule has 2 nitrogen and oxygen atoms in total. The van der Waals surface area contributed by atoms with Gasteiger partial charge < -0.3 is 5.11 Å². The summed E-state index contributed by atoms with van der Waals surface area (Å²) < 4.78 is 0. The van der Waals surface area contributed by atoms with Crippen molar-refractivity contribution in [3.63, 3.8) is 0 Å². The zero-order valence-corrected chi connectivity index (χ0v) is 9.55. The highest BCUT2D eigenvalue weighted by Crippen LogP contribution is 2.20. The average Bonchev–Trinajstić information content (AvgIpc) is 2.69. The Labute approximate surface area is 97.2 Å². The summed E-state index contributed by atoms with van der Waals surface area (Å²) in [7, 11) is 0. The zero-order chi connectivity index (χ0) is 10.7. The van der Waals surface area contributed by atoms with Crippen molar-refractivity contribution in [2.45, 2.75) is 13.0 Å². The van der Waals surface area contributed by atoms with E-state index in [4.69, 9.17) is 16.7 Å². The van der Waals surface area contributed by atoms with E-state index in [1.165, 1.54) is 0 Å². The number of rotatable bonds is 3. The Hall–Kier alpha value is -0.900. The summed E-state index contributed by atoms with van der Waals surface area (Å²) in [6.45, 7) is -0.000970. The van der Waals surface area contributed by atoms with Crippen molar-refractivity contribution < 1.29 is 5.11 Å². The van der Waals surface area contributed by atoms with Crippen molar-refractivity contribution in [2.24, 2.45) is 0 Å². The van der Waals surface area contributed by atoms with Gasteiger partial charge in [-0.15, -0.1) is 11.3 Å². The van der Waals surface area contributed by atoms with Crippen molar-refractivity contribution in [3.8, 4) is 0 Å². The van der Waals surface area contributed by atoms with Crippen molar-refractivity contribution >= 4 is 22.9 Å². The molecule has 1 heterocycles. The lowest BCUT2D eigenvalue weighted by Gasteiger charge is -2.00. The molecule has 0 bridgehead atoms. The predicted molar refractivity (Wildman–Crippen MR) is 62.3 cm³/mol. The van der Waals surface area contributed by atoms with Crippen LogP contribution in [0.5, 0.6) is 0 Å². The number of aromatic nitrogens is 1. The maximum Gasteiger partial charge on any atom is 0.0973 e. The molecule has 78 valence electrons. The first-order chi connectivity index (χ1) is 7.29. The SMILES string of the molecule is OCc1csc(Cc2ccccc2Cl)n1. The zero-order valence-electron chi connectivity index (χ0n) is 7.98. The van der Waals surface area contributed by atoms with Gasteiger partial charge in [0.1, 0.15) is 0 Å². The van der Waals surface area contributed by atoms with E-state index in [1.54, 1.807) is 11.3 Å². The van der Waals surface area contributed by atoms with Crippen LogP contribution in [0.3, 0.4) is 0 Å². The molecule has 0 amide bonds. The highest BCUT2D eigenvalue weighted by Gasteiger charge is 2.04. The monoisotopic (exact) mass is 239 g/mol. The molecule has 0 aliphatic carbocycles. The van der Waals surface area contributed by atoms with E-state index in [2.05, 4.69) is 4.98 Å². The molecule has 15 heavy (non-hydrogen) atoms. The van der Waals surface area contributed by atoms with Crippen molar-refractivity contribution in [1.82, 2.24) is 4.98 Å². The van der Waals surface area contributed by atoms with E-state index in [1.807, 2.05) is 29.6 Å². The Bertz CT molecular complexity index is 455. The molecule has 0 spiro atoms. The minimum absolute atomic E-state index is 0.000970. The van der Waals surface area contributed by atoms with E-state index in [-0.39, 0.29) is 6.61 Å². The third kappa shape index (κ3) is 2.56. The summed E-state index contributed by atoms with van der Waals surface area (Å²) in [5, 5.41) is 12.5. The minimum Gasteiger partial charge on any atom is -0.390 e. The number of halogens is 1. The predicted octanol–water partition coefficient (Wildman–Crippen LogP) is 2.88. The first-order valence-corrected chi connectivity index (χ1v) is 5.83. The van der Waals surface area contributed by atoms with Gasteiger partial charge in [0.2, 0.25) is 0 Å². The molecule has 0 atom stereocenters. The summed E-state index contributed by atoms with van der Waals surface area (Å²) in [6, 6.07) is 7.73. The molecule has 0 aliphatic rings. The molecule has 2 aromatic rings. The quantitative estimate of drug-likeness (QED) is 0.894. The van der Waals surface area contributed by atoms with Crippen LogP contribution in [0.4, 0.5) is 0 Å². The normalized spacial score (nSPS) is 10.5. The van der Waals surface area contributed by atoms with Crippen LogP contribution < -0.4 is 0 Å². The second-order valence-electron chi connectivity index (χ2n) is 3.16. The largest absolute Gasteiger partial charge is 0.390 e. The molecular weight excluding hydrogens is 230 g/mol. The van der Waals surface area contributed by atoms with Crippen molar-refractivity contribution in [1.29, 1.82) is 0 Å². The molecular formula is C11H10ClNOS. The van der Waals surface area contributed by atoms with E-state index in [0.717, 1.165) is 27.7 Å². The smallest absolute Gasteiger partial charge is 0.0973 e. The first kappa shape index (κ1) is 10.6. The number of hydrogen-bond acceptors (Lipinski definition) is 3. The number of nitrogens with zero attached hydrogens (tertiary/aromatic N) is 1. The molecule has 4 heteroatoms. The molecule has 0 fully saturated rings. The van der Waals surface area contributed by atoms with Crippen LogP contribution >= 0.6 is 22.9 Å². The van der Waals surface area contributed by atoms with E-state index in [0.29, 0.717) is 0 Å². The van der Waals surface area contributed by atoms with Gasteiger partial charge in [0.25, 0.3) is 0 Å². The highest BCUT2D eigenvalue weighted by atomic mass is 35.5. The number of hydrogen-bond donors (Lipinski definition) is 1. The van der Waals surface area contributed by atoms with E-state index >= 15 is 0 Å². The van der Waals surface area contributed by atoms with Crippen molar-refractivity contribution in [3.05, 3.63) is 50.9 Å². The van der Waals surface area contributed by atoms with Crippen LogP contribution in [0.1, 0.15) is 16.3 Å². The van der Waals surface area contributed by atoms with Crippen LogP contribution in [-0.4, -0.2) is 10.1 Å². The third-order valence-electron chi connectivity index (χ3n) is 2.06. The number of thiazole rings is 1. The molecule has 0 radical (unpaired) electrons. The minimum atomic E-state index is -0.000970. The summed E-state index contributed by atoms with van der Waals surface area (Å²) >= 11 is 7.59. The molecule has 1 aromatic carbocycles. The highest BCUT2D eigenvalue weighted by molar-refractivity contribution is 7.09. The second kappa shape index (κ2) is 4.75. The lowest BCUT2D eigenvalue weighted by Crippen LogP contribution is -1.89. The average molecular weight is 240 g/mol. The first-order valence-electron chi connectivity index (χ1n) is 4.57. The molecule has 2 rings (SSSR count). The van der Waals surface area contributed by atoms with Crippen LogP contribution in [0.15, 0.2) is 29.6 Å². The van der Waals surface area contributed by atoms with Gasteiger partial charge in [0.15, 0.2) is 0 Å². The summed E-state index contributed by atoms with van der Waals surface area (Å²) in [5.41, 5.74) is 1.79. The van der Waals surface area contributed by atoms with Gasteiger partial charge >= 0.3 is 0 Å². The van der Waals surface area contributed by atoms with Gasteiger partial charge in [0.05, 0.1) is 17.3 Å². The Morgan fingerprint density at radius 3 is 2.80 bits per heavy atom. The lowest BCUT2D eigenvalue weighted by atomic mass is 10.2. The van der Waals surface area contributed by atoms with Crippen LogP contribution in [0, 0.1) is 0 Å². The standard InChI is InChI=1S/C11H10ClNOS/c12-10-4-2-1-3-8(10)5-11-13-9(6-14)7-15-11/h1-4,7,14H,5-6H2. The fourth-order valence-electron chi connectivity index (χ4n) is 1.31. The van der Waals surface area contributed by atoms with Gasteiger partial charge in [0, 0.05) is 16.8 Å². The second-order valence-corrected chi connectivity index (χ2v) is 4.51. The van der Waals surface area contributed by atoms with Gasteiger partial charge in [-0.1, -0.05) is 29.8 Å². The summed E-state index contributed by atoms with van der Waals surface area (Å²) in [6.07, 6.45) is 0.727. The van der Waals surface area contributed by atoms with Crippen LogP contribution in [0.25, 0.3) is 0 Å². The lowest BCUT2D eigenvalue weighted by molar-refractivity contribution is 0.277. The Morgan fingerprint density at radius 1 is 1.33 bits per heavy atom. The Morgan fingerprint density at radius 2 is 2.13 bits per heavy atom. The molecule has 0 aliphatic heterocycles. The van der Waals surface area contributed by atoms with Gasteiger partial charge in [-0.2, -0.15) is 0 Å². The molecule has 0 unspecified atom stereocenters. The fraction of sp³-hybridized carbons (Fsp3) is 0.182. The number of aliphatic hydroxyl groups excluding tert-OH is 1. The van der Waals surface area contributed by atoms with Gasteiger partial charge in [-0.25, -0.2) is 4.98 Å². The third-order valence-corrected chi connectivity index (χ3v) is 3.33. The molecule has 1 aromatic heterocycles. The summed E-state index contributed by atoms with van der Waals surface area (Å²) in [4.78, 5) is 4.28. The maximum absolute atomic E-state index is 8.89. The maximum atomic E-state index is 8.89. The Kier molecular flexibility index (Phi) is 3.36. The number of aliphatic hydroxyl groups is 1. The molecule has 1 N–H and O–H groups in total. The number of benzene rings is 1. The molecule has 0 saturated carbocycles. The fourth-order valence-corrected chi connectivity index (χ4v) is 2.32. The topological polar surface area (TPSA) is 33.1 Å². The van der Waals surface area contributed by atoms with Crippen LogP contribution in [-0.2, 0) is 13.0 Å².